The van der Waals surface area contributed by atoms with Crippen LogP contribution in [0.15, 0.2) is 91.0 Å². The largest absolute Gasteiger partial charge is 0.450 e. The average molecular weight is 624 g/mol. The molecule has 3 amide bonds. The summed E-state index contributed by atoms with van der Waals surface area (Å²) in [5.74, 6) is -1.85. The normalized spacial score (nSPS) is 21.9. The first-order valence-corrected chi connectivity index (χ1v) is 16.3. The van der Waals surface area contributed by atoms with Crippen LogP contribution >= 0.6 is 0 Å². The second-order valence-corrected chi connectivity index (χ2v) is 13.5. The van der Waals surface area contributed by atoms with Gasteiger partial charge in [0.2, 0.25) is 11.8 Å². The third-order valence-electron chi connectivity index (χ3n) is 8.96. The molecule has 0 saturated carbocycles. The highest BCUT2D eigenvalue weighted by atomic mass is 16.6. The maximum atomic E-state index is 14.7. The van der Waals surface area contributed by atoms with Gasteiger partial charge in [0.15, 0.2) is 5.78 Å². The van der Waals surface area contributed by atoms with Crippen LogP contribution in [0.3, 0.4) is 0 Å². The molecule has 0 aromatic heterocycles. The van der Waals surface area contributed by atoms with E-state index in [1.807, 2.05) is 99.6 Å². The number of piperidine rings is 1. The first-order valence-electron chi connectivity index (χ1n) is 16.3. The lowest BCUT2D eigenvalue weighted by Gasteiger charge is -2.36. The van der Waals surface area contributed by atoms with E-state index in [0.29, 0.717) is 38.1 Å². The van der Waals surface area contributed by atoms with E-state index in [1.165, 1.54) is 0 Å². The minimum atomic E-state index is -0.928. The van der Waals surface area contributed by atoms with Gasteiger partial charge in [0.25, 0.3) is 0 Å². The molecule has 46 heavy (non-hydrogen) atoms. The predicted octanol–water partition coefficient (Wildman–Crippen LogP) is 6.39. The lowest BCUT2D eigenvalue weighted by atomic mass is 9.76. The Balaban J connectivity index is 1.60. The van der Waals surface area contributed by atoms with Crippen LogP contribution in [-0.4, -0.2) is 65.3 Å². The number of carbonyl (C=O) groups is 4. The predicted molar refractivity (Wildman–Crippen MR) is 177 cm³/mol. The second-order valence-electron chi connectivity index (χ2n) is 13.5. The quantitative estimate of drug-likeness (QED) is 0.293. The van der Waals surface area contributed by atoms with E-state index < -0.39 is 23.9 Å². The van der Waals surface area contributed by atoms with Gasteiger partial charge in [-0.25, -0.2) is 4.79 Å². The molecule has 5 rings (SSSR count). The van der Waals surface area contributed by atoms with Crippen molar-refractivity contribution in [2.24, 2.45) is 11.3 Å². The molecule has 0 spiro atoms. The molecule has 2 heterocycles. The molecule has 0 aliphatic carbocycles. The van der Waals surface area contributed by atoms with Gasteiger partial charge in [-0.1, -0.05) is 112 Å². The Kier molecular flexibility index (Phi) is 10.2. The number of hydrogen-bond acceptors (Lipinski definition) is 5. The van der Waals surface area contributed by atoms with Gasteiger partial charge in [0.1, 0.15) is 6.04 Å². The van der Waals surface area contributed by atoms with Crippen molar-refractivity contribution in [3.8, 4) is 0 Å². The number of carbonyl (C=O) groups excluding carboxylic acids is 4. The van der Waals surface area contributed by atoms with Crippen LogP contribution in [0.2, 0.25) is 0 Å². The standard InChI is InChI=1S/C38H45N3O5/c1-5-46-37(45)40-23-21-29(22-24-40)39-36(44)34-31(26-15-9-6-10-16-26)32(35(43)28-19-13-8-14-20-28)33(27-17-11-7-12-18-27)41(34)30(42)25-38(2,3)4/h6-20,29,31-34H,5,21-25H2,1-4H3,(H,39,44). The maximum Gasteiger partial charge on any atom is 0.409 e. The van der Waals surface area contributed by atoms with Crippen LogP contribution in [0.4, 0.5) is 4.79 Å². The summed E-state index contributed by atoms with van der Waals surface area (Å²) in [5, 5.41) is 3.25. The molecule has 4 unspecified atom stereocenters. The van der Waals surface area contributed by atoms with Gasteiger partial charge in [-0.05, 0) is 36.3 Å². The number of hydrogen-bond donors (Lipinski definition) is 1. The van der Waals surface area contributed by atoms with Crippen molar-refractivity contribution in [1.82, 2.24) is 15.1 Å². The van der Waals surface area contributed by atoms with Crippen molar-refractivity contribution in [1.29, 1.82) is 0 Å². The molecule has 4 atom stereocenters. The molecule has 2 saturated heterocycles. The molecule has 3 aromatic carbocycles. The molecule has 3 aromatic rings. The number of nitrogens with one attached hydrogen (secondary N) is 1. The monoisotopic (exact) mass is 623 g/mol. The minimum Gasteiger partial charge on any atom is -0.450 e. The first-order chi connectivity index (χ1) is 22.1. The molecule has 2 aliphatic heterocycles. The summed E-state index contributed by atoms with van der Waals surface area (Å²) in [7, 11) is 0. The van der Waals surface area contributed by atoms with Gasteiger partial charge in [0.05, 0.1) is 18.6 Å². The Morgan fingerprint density at radius 2 is 1.35 bits per heavy atom. The zero-order valence-corrected chi connectivity index (χ0v) is 27.2. The molecule has 242 valence electrons. The fraction of sp³-hybridized carbons (Fsp3) is 0.421. The topological polar surface area (TPSA) is 96.0 Å². The third-order valence-corrected chi connectivity index (χ3v) is 8.96. The van der Waals surface area contributed by atoms with Crippen LogP contribution in [0.1, 0.15) is 80.4 Å². The van der Waals surface area contributed by atoms with E-state index >= 15 is 0 Å². The SMILES string of the molecule is CCOC(=O)N1CCC(NC(=O)C2C(c3ccccc3)C(C(=O)c3ccccc3)C(c3ccccc3)N2C(=O)CC(C)(C)C)CC1. The van der Waals surface area contributed by atoms with Crippen molar-refractivity contribution < 1.29 is 23.9 Å². The van der Waals surface area contributed by atoms with Crippen molar-refractivity contribution in [3.05, 3.63) is 108 Å². The molecular formula is C38H45N3O5. The minimum absolute atomic E-state index is 0.102. The number of rotatable bonds is 8. The molecule has 8 heteroatoms. The fourth-order valence-corrected chi connectivity index (χ4v) is 6.95. The van der Waals surface area contributed by atoms with E-state index in [2.05, 4.69) is 5.32 Å². The third kappa shape index (κ3) is 7.33. The van der Waals surface area contributed by atoms with Crippen molar-refractivity contribution in [2.75, 3.05) is 19.7 Å². The molecule has 0 radical (unpaired) electrons. The Labute approximate surface area is 272 Å². The van der Waals surface area contributed by atoms with Crippen LogP contribution in [-0.2, 0) is 14.3 Å². The molecule has 8 nitrogen and oxygen atoms in total. The number of nitrogens with zero attached hydrogens (tertiary/aromatic N) is 2. The highest BCUT2D eigenvalue weighted by molar-refractivity contribution is 6.02. The molecule has 2 fully saturated rings. The Morgan fingerprint density at radius 3 is 1.89 bits per heavy atom. The van der Waals surface area contributed by atoms with Crippen molar-refractivity contribution in [2.45, 2.75) is 71.0 Å². The molecular weight excluding hydrogens is 578 g/mol. The van der Waals surface area contributed by atoms with Gasteiger partial charge >= 0.3 is 6.09 Å². The van der Waals surface area contributed by atoms with Gasteiger partial charge in [0, 0.05) is 37.0 Å². The van der Waals surface area contributed by atoms with Crippen molar-refractivity contribution >= 4 is 23.7 Å². The molecule has 0 bridgehead atoms. The summed E-state index contributed by atoms with van der Waals surface area (Å²) in [6, 6.07) is 26.7. The second kappa shape index (κ2) is 14.3. The number of ketones is 1. The first kappa shape index (κ1) is 32.9. The zero-order valence-electron chi connectivity index (χ0n) is 27.2. The van der Waals surface area contributed by atoms with Gasteiger partial charge in [-0.3, -0.25) is 14.4 Å². The number of likely N-dealkylation sites (tertiary alicyclic amines) is 2. The van der Waals surface area contributed by atoms with E-state index in [4.69, 9.17) is 4.74 Å². The summed E-state index contributed by atoms with van der Waals surface area (Å²) in [4.78, 5) is 59.5. The van der Waals surface area contributed by atoms with Crippen LogP contribution in [0.25, 0.3) is 0 Å². The van der Waals surface area contributed by atoms with Gasteiger partial charge < -0.3 is 19.9 Å². The fourth-order valence-electron chi connectivity index (χ4n) is 6.95. The Bertz CT molecular complexity index is 1500. The number of ether oxygens (including phenoxy) is 1. The lowest BCUT2D eigenvalue weighted by molar-refractivity contribution is -0.142. The van der Waals surface area contributed by atoms with Crippen LogP contribution in [0, 0.1) is 11.3 Å². The van der Waals surface area contributed by atoms with Gasteiger partial charge in [-0.15, -0.1) is 0 Å². The highest BCUT2D eigenvalue weighted by Gasteiger charge is 2.57. The van der Waals surface area contributed by atoms with Crippen LogP contribution in [0.5, 0.6) is 0 Å². The van der Waals surface area contributed by atoms with E-state index in [1.54, 1.807) is 28.9 Å². The van der Waals surface area contributed by atoms with E-state index in [0.717, 1.165) is 11.1 Å². The summed E-state index contributed by atoms with van der Waals surface area (Å²) < 4.78 is 5.17. The summed E-state index contributed by atoms with van der Waals surface area (Å²) in [5.41, 5.74) is 1.85. The highest BCUT2D eigenvalue weighted by Crippen LogP contribution is 2.52. The number of amides is 3. The van der Waals surface area contributed by atoms with E-state index in [-0.39, 0.29) is 41.6 Å². The van der Waals surface area contributed by atoms with Crippen molar-refractivity contribution in [3.63, 3.8) is 0 Å². The summed E-state index contributed by atoms with van der Waals surface area (Å²) in [6.45, 7) is 9.03. The summed E-state index contributed by atoms with van der Waals surface area (Å²) in [6.07, 6.45) is 1.00. The van der Waals surface area contributed by atoms with E-state index in [9.17, 15) is 19.2 Å². The Morgan fingerprint density at radius 1 is 0.804 bits per heavy atom. The maximum absolute atomic E-state index is 14.7. The summed E-state index contributed by atoms with van der Waals surface area (Å²) >= 11 is 0. The molecule has 1 N–H and O–H groups in total. The zero-order chi connectivity index (χ0) is 32.8. The van der Waals surface area contributed by atoms with Crippen LogP contribution < -0.4 is 5.32 Å². The smallest absolute Gasteiger partial charge is 0.409 e. The number of Topliss-reactive ketones (excluding diaryl/α,β-unsaturated/α-hetero) is 1. The molecule has 2 aliphatic rings. The lowest BCUT2D eigenvalue weighted by Crippen LogP contribution is -2.53. The Hall–Kier alpha value is -4.46. The number of benzene rings is 3. The average Bonchev–Trinajstić information content (AvgIpc) is 3.42. The van der Waals surface area contributed by atoms with Gasteiger partial charge in [-0.2, -0.15) is 0 Å².